The van der Waals surface area contributed by atoms with E-state index >= 15 is 0 Å². The number of ether oxygens (including phenoxy) is 1. The monoisotopic (exact) mass is 251 g/mol. The molecule has 0 heterocycles. The Bertz CT molecular complexity index is 252. The van der Waals surface area contributed by atoms with Gasteiger partial charge in [0.2, 0.25) is 0 Å². The van der Waals surface area contributed by atoms with E-state index in [1.54, 1.807) is 0 Å². The van der Waals surface area contributed by atoms with Crippen LogP contribution >= 0.6 is 0 Å². The van der Waals surface area contributed by atoms with E-state index in [1.807, 2.05) is 0 Å². The van der Waals surface area contributed by atoms with E-state index in [-0.39, 0.29) is 0 Å². The fraction of sp³-hybridized carbons (Fsp3) is 1.00. The average Bonchev–Trinajstić information content (AvgIpc) is 2.25. The fourth-order valence-corrected chi connectivity index (χ4v) is 5.03. The van der Waals surface area contributed by atoms with E-state index < -0.39 is 0 Å². The van der Waals surface area contributed by atoms with Crippen LogP contribution in [-0.4, -0.2) is 25.3 Å². The highest BCUT2D eigenvalue weighted by molar-refractivity contribution is 5.06. The van der Waals surface area contributed by atoms with Crippen LogP contribution in [0.3, 0.4) is 0 Å². The first-order valence-corrected chi connectivity index (χ1v) is 7.98. The third-order valence-electron chi connectivity index (χ3n) is 5.24. The van der Waals surface area contributed by atoms with Gasteiger partial charge in [-0.15, -0.1) is 0 Å². The number of hydrogen-bond acceptors (Lipinski definition) is 2. The van der Waals surface area contributed by atoms with Crippen LogP contribution in [0, 0.1) is 23.7 Å². The highest BCUT2D eigenvalue weighted by Crippen LogP contribution is 2.55. The summed E-state index contributed by atoms with van der Waals surface area (Å²) in [6.07, 6.45) is 8.94. The Morgan fingerprint density at radius 2 is 1.61 bits per heavy atom. The van der Waals surface area contributed by atoms with E-state index in [1.165, 1.54) is 38.5 Å². The SMILES string of the molecule is CC(C)COCCNC12CC3CC(CC(C3)C1)C2. The Morgan fingerprint density at radius 1 is 1.06 bits per heavy atom. The van der Waals surface area contributed by atoms with Crippen molar-refractivity contribution in [2.75, 3.05) is 19.8 Å². The maximum atomic E-state index is 5.70. The molecule has 4 rings (SSSR count). The van der Waals surface area contributed by atoms with Gasteiger partial charge < -0.3 is 10.1 Å². The van der Waals surface area contributed by atoms with Gasteiger partial charge >= 0.3 is 0 Å². The molecule has 18 heavy (non-hydrogen) atoms. The van der Waals surface area contributed by atoms with Crippen molar-refractivity contribution in [3.63, 3.8) is 0 Å². The Balaban J connectivity index is 1.45. The van der Waals surface area contributed by atoms with E-state index in [0.29, 0.717) is 11.5 Å². The Labute approximate surface area is 112 Å². The van der Waals surface area contributed by atoms with Gasteiger partial charge in [0.05, 0.1) is 6.61 Å². The maximum absolute atomic E-state index is 5.70. The summed E-state index contributed by atoms with van der Waals surface area (Å²) in [6, 6.07) is 0. The molecule has 4 aliphatic rings. The van der Waals surface area contributed by atoms with E-state index in [9.17, 15) is 0 Å². The predicted octanol–water partition coefficient (Wildman–Crippen LogP) is 3.22. The lowest BCUT2D eigenvalue weighted by Crippen LogP contribution is -2.58. The first kappa shape index (κ1) is 12.9. The summed E-state index contributed by atoms with van der Waals surface area (Å²) in [7, 11) is 0. The summed E-state index contributed by atoms with van der Waals surface area (Å²) >= 11 is 0. The maximum Gasteiger partial charge on any atom is 0.0591 e. The molecule has 0 radical (unpaired) electrons. The quantitative estimate of drug-likeness (QED) is 0.732. The molecular formula is C16H29NO. The van der Waals surface area contributed by atoms with Crippen molar-refractivity contribution < 1.29 is 4.74 Å². The van der Waals surface area contributed by atoms with Crippen molar-refractivity contribution >= 4 is 0 Å². The van der Waals surface area contributed by atoms with Crippen molar-refractivity contribution in [3.8, 4) is 0 Å². The first-order valence-electron chi connectivity index (χ1n) is 7.98. The lowest BCUT2D eigenvalue weighted by atomic mass is 9.53. The van der Waals surface area contributed by atoms with Crippen LogP contribution in [0.15, 0.2) is 0 Å². The van der Waals surface area contributed by atoms with Crippen LogP contribution in [-0.2, 0) is 4.74 Å². The molecule has 0 amide bonds. The molecule has 1 N–H and O–H groups in total. The molecule has 4 aliphatic carbocycles. The second-order valence-electron chi connectivity index (χ2n) is 7.59. The number of nitrogens with one attached hydrogen (secondary N) is 1. The minimum atomic E-state index is 0.510. The lowest BCUT2D eigenvalue weighted by molar-refractivity contribution is -0.0233. The van der Waals surface area contributed by atoms with Crippen molar-refractivity contribution in [2.24, 2.45) is 23.7 Å². The third-order valence-corrected chi connectivity index (χ3v) is 5.24. The van der Waals surface area contributed by atoms with Gasteiger partial charge in [-0.05, 0) is 62.2 Å². The van der Waals surface area contributed by atoms with Crippen LogP contribution in [0.2, 0.25) is 0 Å². The van der Waals surface area contributed by atoms with Crippen LogP contribution < -0.4 is 5.32 Å². The Morgan fingerprint density at radius 3 is 2.11 bits per heavy atom. The molecule has 4 saturated carbocycles. The minimum Gasteiger partial charge on any atom is -0.380 e. The zero-order chi connectivity index (χ0) is 12.6. The summed E-state index contributed by atoms with van der Waals surface area (Å²) < 4.78 is 5.70. The van der Waals surface area contributed by atoms with E-state index in [4.69, 9.17) is 4.74 Å². The second kappa shape index (κ2) is 5.13. The molecule has 0 unspecified atom stereocenters. The molecule has 4 fully saturated rings. The number of hydrogen-bond donors (Lipinski definition) is 1. The van der Waals surface area contributed by atoms with Crippen LogP contribution in [0.5, 0.6) is 0 Å². The minimum absolute atomic E-state index is 0.510. The summed E-state index contributed by atoms with van der Waals surface area (Å²) in [4.78, 5) is 0. The van der Waals surface area contributed by atoms with Crippen molar-refractivity contribution in [3.05, 3.63) is 0 Å². The van der Waals surface area contributed by atoms with Gasteiger partial charge in [-0.1, -0.05) is 13.8 Å². The van der Waals surface area contributed by atoms with E-state index in [2.05, 4.69) is 19.2 Å². The van der Waals surface area contributed by atoms with Gasteiger partial charge in [0.15, 0.2) is 0 Å². The fourth-order valence-electron chi connectivity index (χ4n) is 5.03. The van der Waals surface area contributed by atoms with Crippen LogP contribution in [0.1, 0.15) is 52.4 Å². The van der Waals surface area contributed by atoms with Gasteiger partial charge in [0, 0.05) is 18.7 Å². The molecule has 0 saturated heterocycles. The largest absolute Gasteiger partial charge is 0.380 e. The molecule has 0 atom stereocenters. The normalized spacial score (nSPS) is 41.8. The summed E-state index contributed by atoms with van der Waals surface area (Å²) in [5, 5.41) is 3.88. The van der Waals surface area contributed by atoms with Gasteiger partial charge in [0.25, 0.3) is 0 Å². The third kappa shape index (κ3) is 2.75. The van der Waals surface area contributed by atoms with Crippen molar-refractivity contribution in [1.29, 1.82) is 0 Å². The summed E-state index contributed by atoms with van der Waals surface area (Å²) in [5.41, 5.74) is 0.510. The molecular weight excluding hydrogens is 222 g/mol. The Hall–Kier alpha value is -0.0800. The molecule has 2 nitrogen and oxygen atoms in total. The van der Waals surface area contributed by atoms with E-state index in [0.717, 1.165) is 37.5 Å². The standard InChI is InChI=1S/C16H29NO/c1-12(2)11-18-4-3-17-16-8-13-5-14(9-16)7-15(6-13)10-16/h12-15,17H,3-11H2,1-2H3. The zero-order valence-corrected chi connectivity index (χ0v) is 12.1. The van der Waals surface area contributed by atoms with Gasteiger partial charge in [0.1, 0.15) is 0 Å². The van der Waals surface area contributed by atoms with Crippen molar-refractivity contribution in [2.45, 2.75) is 57.9 Å². The highest BCUT2D eigenvalue weighted by atomic mass is 16.5. The average molecular weight is 251 g/mol. The molecule has 4 bridgehead atoms. The smallest absolute Gasteiger partial charge is 0.0591 e. The number of rotatable bonds is 6. The van der Waals surface area contributed by atoms with Gasteiger partial charge in [-0.3, -0.25) is 0 Å². The summed E-state index contributed by atoms with van der Waals surface area (Å²) in [5.74, 6) is 3.78. The lowest BCUT2D eigenvalue weighted by Gasteiger charge is -2.57. The second-order valence-corrected chi connectivity index (χ2v) is 7.59. The van der Waals surface area contributed by atoms with Gasteiger partial charge in [-0.25, -0.2) is 0 Å². The molecule has 104 valence electrons. The molecule has 0 aromatic heterocycles. The van der Waals surface area contributed by atoms with Crippen LogP contribution in [0.25, 0.3) is 0 Å². The van der Waals surface area contributed by atoms with Crippen molar-refractivity contribution in [1.82, 2.24) is 5.32 Å². The highest BCUT2D eigenvalue weighted by Gasteiger charge is 2.50. The first-order chi connectivity index (χ1) is 8.65. The Kier molecular flexibility index (Phi) is 3.68. The topological polar surface area (TPSA) is 21.3 Å². The molecule has 0 aromatic rings. The molecule has 0 spiro atoms. The molecule has 0 aliphatic heterocycles. The van der Waals surface area contributed by atoms with Crippen LogP contribution in [0.4, 0.5) is 0 Å². The zero-order valence-electron chi connectivity index (χ0n) is 12.1. The molecule has 2 heteroatoms. The molecule has 0 aromatic carbocycles. The predicted molar refractivity (Wildman–Crippen MR) is 74.6 cm³/mol. The van der Waals surface area contributed by atoms with Gasteiger partial charge in [-0.2, -0.15) is 0 Å². The summed E-state index contributed by atoms with van der Waals surface area (Å²) in [6.45, 7) is 7.28.